The Labute approximate surface area is 129 Å². The maximum Gasteiger partial charge on any atom is 0.255 e. The Morgan fingerprint density at radius 2 is 1.95 bits per heavy atom. The quantitative estimate of drug-likeness (QED) is 0.883. The zero-order chi connectivity index (χ0) is 15.4. The third-order valence-corrected chi connectivity index (χ3v) is 3.28. The van der Waals surface area contributed by atoms with E-state index in [0.717, 1.165) is 0 Å². The van der Waals surface area contributed by atoms with E-state index < -0.39 is 17.5 Å². The SMILES string of the molecule is CCOc1ccc(NC(=O)c2ccc(F)c(Br)c2)cc1F. The van der Waals surface area contributed by atoms with Gasteiger partial charge in [0.2, 0.25) is 0 Å². The Bertz CT molecular complexity index is 677. The molecule has 2 aromatic carbocycles. The second-order valence-corrected chi connectivity index (χ2v) is 5.02. The molecule has 0 saturated heterocycles. The maximum absolute atomic E-state index is 13.7. The molecule has 0 spiro atoms. The summed E-state index contributed by atoms with van der Waals surface area (Å²) in [5.74, 6) is -1.35. The Kier molecular flexibility index (Phi) is 4.90. The van der Waals surface area contributed by atoms with Crippen LogP contribution in [0.25, 0.3) is 0 Å². The van der Waals surface area contributed by atoms with Gasteiger partial charge < -0.3 is 10.1 Å². The van der Waals surface area contributed by atoms with E-state index in [4.69, 9.17) is 4.74 Å². The summed E-state index contributed by atoms with van der Waals surface area (Å²) in [6.45, 7) is 2.10. The largest absolute Gasteiger partial charge is 0.491 e. The number of carbonyl (C=O) groups is 1. The molecule has 1 N–H and O–H groups in total. The maximum atomic E-state index is 13.7. The monoisotopic (exact) mass is 355 g/mol. The van der Waals surface area contributed by atoms with Crippen LogP contribution >= 0.6 is 15.9 Å². The Balaban J connectivity index is 2.15. The number of hydrogen-bond donors (Lipinski definition) is 1. The van der Waals surface area contributed by atoms with Crippen molar-refractivity contribution in [1.29, 1.82) is 0 Å². The lowest BCUT2D eigenvalue weighted by Crippen LogP contribution is -2.12. The van der Waals surface area contributed by atoms with E-state index >= 15 is 0 Å². The van der Waals surface area contributed by atoms with E-state index in [-0.39, 0.29) is 15.8 Å². The van der Waals surface area contributed by atoms with Crippen molar-refractivity contribution in [2.24, 2.45) is 0 Å². The fraction of sp³-hybridized carbons (Fsp3) is 0.133. The second-order valence-electron chi connectivity index (χ2n) is 4.16. The molecule has 3 nitrogen and oxygen atoms in total. The van der Waals surface area contributed by atoms with Crippen LogP contribution in [0.1, 0.15) is 17.3 Å². The Hall–Kier alpha value is -1.95. The highest BCUT2D eigenvalue weighted by Crippen LogP contribution is 2.22. The van der Waals surface area contributed by atoms with Gasteiger partial charge in [-0.05, 0) is 53.2 Å². The molecule has 0 unspecified atom stereocenters. The van der Waals surface area contributed by atoms with Crippen LogP contribution in [0.4, 0.5) is 14.5 Å². The summed E-state index contributed by atoms with van der Waals surface area (Å²) < 4.78 is 32.1. The summed E-state index contributed by atoms with van der Waals surface area (Å²) in [5.41, 5.74) is 0.555. The predicted octanol–water partition coefficient (Wildman–Crippen LogP) is 4.38. The lowest BCUT2D eigenvalue weighted by Gasteiger charge is -2.09. The van der Waals surface area contributed by atoms with Crippen LogP contribution in [0, 0.1) is 11.6 Å². The van der Waals surface area contributed by atoms with Gasteiger partial charge in [-0.3, -0.25) is 4.79 Å². The standard InChI is InChI=1S/C15H12BrF2NO2/c1-2-21-14-6-4-10(8-13(14)18)19-15(20)9-3-5-12(17)11(16)7-9/h3-8H,2H2,1H3,(H,19,20). The normalized spacial score (nSPS) is 10.3. The zero-order valence-electron chi connectivity index (χ0n) is 11.1. The first-order valence-electron chi connectivity index (χ1n) is 6.20. The van der Waals surface area contributed by atoms with E-state index in [2.05, 4.69) is 21.2 Å². The number of nitrogens with one attached hydrogen (secondary N) is 1. The Morgan fingerprint density at radius 3 is 2.57 bits per heavy atom. The number of hydrogen-bond acceptors (Lipinski definition) is 2. The van der Waals surface area contributed by atoms with Gasteiger partial charge in [-0.1, -0.05) is 0 Å². The van der Waals surface area contributed by atoms with Gasteiger partial charge in [-0.25, -0.2) is 8.78 Å². The number of carbonyl (C=O) groups excluding carboxylic acids is 1. The number of rotatable bonds is 4. The zero-order valence-corrected chi connectivity index (χ0v) is 12.7. The summed E-state index contributed by atoms with van der Waals surface area (Å²) in [4.78, 5) is 12.0. The highest BCUT2D eigenvalue weighted by Gasteiger charge is 2.10. The summed E-state index contributed by atoms with van der Waals surface area (Å²) in [6, 6.07) is 8.02. The number of amides is 1. The smallest absolute Gasteiger partial charge is 0.255 e. The molecule has 0 aliphatic heterocycles. The van der Waals surface area contributed by atoms with E-state index in [9.17, 15) is 13.6 Å². The lowest BCUT2D eigenvalue weighted by molar-refractivity contribution is 0.102. The van der Waals surface area contributed by atoms with Crippen LogP contribution in [0.3, 0.4) is 0 Å². The first kappa shape index (κ1) is 15.4. The molecule has 0 fully saturated rings. The molecule has 0 aromatic heterocycles. The summed E-state index contributed by atoms with van der Waals surface area (Å²) in [6.07, 6.45) is 0. The van der Waals surface area contributed by atoms with Crippen molar-refractivity contribution in [1.82, 2.24) is 0 Å². The van der Waals surface area contributed by atoms with Gasteiger partial charge >= 0.3 is 0 Å². The van der Waals surface area contributed by atoms with Crippen LogP contribution in [0.2, 0.25) is 0 Å². The van der Waals surface area contributed by atoms with Crippen LogP contribution in [0.5, 0.6) is 5.75 Å². The predicted molar refractivity (Wildman–Crippen MR) is 79.6 cm³/mol. The second kappa shape index (κ2) is 6.67. The molecule has 0 atom stereocenters. The highest BCUT2D eigenvalue weighted by molar-refractivity contribution is 9.10. The first-order valence-corrected chi connectivity index (χ1v) is 6.99. The molecular formula is C15H12BrF2NO2. The topological polar surface area (TPSA) is 38.3 Å². The van der Waals surface area contributed by atoms with Gasteiger partial charge in [0.05, 0.1) is 11.1 Å². The van der Waals surface area contributed by atoms with Gasteiger partial charge in [0.15, 0.2) is 11.6 Å². The molecule has 0 aliphatic carbocycles. The fourth-order valence-corrected chi connectivity index (χ4v) is 2.07. The molecule has 2 aromatic rings. The first-order chi connectivity index (χ1) is 10.0. The van der Waals surface area contributed by atoms with Crippen molar-refractivity contribution in [3.05, 3.63) is 58.1 Å². The van der Waals surface area contributed by atoms with Crippen molar-refractivity contribution in [3.63, 3.8) is 0 Å². The minimum absolute atomic E-state index is 0.125. The van der Waals surface area contributed by atoms with E-state index in [1.54, 1.807) is 6.92 Å². The number of anilines is 1. The van der Waals surface area contributed by atoms with Crippen molar-refractivity contribution in [3.8, 4) is 5.75 Å². The minimum atomic E-state index is -0.560. The van der Waals surface area contributed by atoms with E-state index in [1.165, 1.54) is 36.4 Å². The molecule has 21 heavy (non-hydrogen) atoms. The number of ether oxygens (including phenoxy) is 1. The molecule has 0 aliphatic rings. The molecule has 0 bridgehead atoms. The third kappa shape index (κ3) is 3.78. The summed E-state index contributed by atoms with van der Waals surface area (Å²) >= 11 is 3.01. The molecule has 1 amide bonds. The van der Waals surface area contributed by atoms with Crippen LogP contribution in [0.15, 0.2) is 40.9 Å². The Morgan fingerprint density at radius 1 is 1.19 bits per heavy atom. The molecule has 0 saturated carbocycles. The fourth-order valence-electron chi connectivity index (χ4n) is 1.69. The van der Waals surface area contributed by atoms with Gasteiger partial charge in [0.25, 0.3) is 5.91 Å². The average Bonchev–Trinajstić information content (AvgIpc) is 2.45. The average molecular weight is 356 g/mol. The molecular weight excluding hydrogens is 344 g/mol. The lowest BCUT2D eigenvalue weighted by atomic mass is 10.2. The number of benzene rings is 2. The van der Waals surface area contributed by atoms with Crippen molar-refractivity contribution in [2.75, 3.05) is 11.9 Å². The third-order valence-electron chi connectivity index (χ3n) is 2.67. The van der Waals surface area contributed by atoms with Gasteiger partial charge in [-0.15, -0.1) is 0 Å². The van der Waals surface area contributed by atoms with Crippen LogP contribution in [-0.2, 0) is 0 Å². The van der Waals surface area contributed by atoms with Crippen LogP contribution in [-0.4, -0.2) is 12.5 Å². The summed E-state index contributed by atoms with van der Waals surface area (Å²) in [7, 11) is 0. The van der Waals surface area contributed by atoms with Gasteiger partial charge in [-0.2, -0.15) is 0 Å². The molecule has 0 radical (unpaired) electrons. The molecule has 2 rings (SSSR count). The van der Waals surface area contributed by atoms with Crippen molar-refractivity contribution >= 4 is 27.5 Å². The van der Waals surface area contributed by atoms with E-state index in [0.29, 0.717) is 12.3 Å². The number of halogens is 3. The molecule has 6 heteroatoms. The van der Waals surface area contributed by atoms with E-state index in [1.807, 2.05) is 0 Å². The highest BCUT2D eigenvalue weighted by atomic mass is 79.9. The minimum Gasteiger partial charge on any atom is -0.491 e. The van der Waals surface area contributed by atoms with Crippen molar-refractivity contribution in [2.45, 2.75) is 6.92 Å². The molecule has 110 valence electrons. The van der Waals surface area contributed by atoms with Gasteiger partial charge in [0.1, 0.15) is 5.82 Å². The molecule has 0 heterocycles. The van der Waals surface area contributed by atoms with Crippen molar-refractivity contribution < 1.29 is 18.3 Å². The van der Waals surface area contributed by atoms with Gasteiger partial charge in [0, 0.05) is 17.3 Å². The summed E-state index contributed by atoms with van der Waals surface area (Å²) in [5, 5.41) is 2.54. The van der Waals surface area contributed by atoms with Crippen LogP contribution < -0.4 is 10.1 Å².